The molecule has 4 nitrogen and oxygen atoms in total. The lowest BCUT2D eigenvalue weighted by atomic mass is 9.78. The zero-order valence-electron chi connectivity index (χ0n) is 10.2. The van der Waals surface area contributed by atoms with E-state index in [2.05, 4.69) is 5.32 Å². The highest BCUT2D eigenvalue weighted by atomic mass is 19.3. The number of carboxylic acids is 1. The summed E-state index contributed by atoms with van der Waals surface area (Å²) >= 11 is 0. The van der Waals surface area contributed by atoms with Crippen LogP contribution < -0.4 is 5.32 Å². The summed E-state index contributed by atoms with van der Waals surface area (Å²) in [5.74, 6) is -0.893. The fourth-order valence-electron chi connectivity index (χ4n) is 2.52. The van der Waals surface area contributed by atoms with Crippen LogP contribution in [0.15, 0.2) is 0 Å². The van der Waals surface area contributed by atoms with Crippen LogP contribution in [0.25, 0.3) is 0 Å². The number of hydrogen-bond donors (Lipinski definition) is 2. The van der Waals surface area contributed by atoms with Crippen molar-refractivity contribution in [3.05, 3.63) is 0 Å². The van der Waals surface area contributed by atoms with Crippen LogP contribution in [-0.4, -0.2) is 54.6 Å². The molecule has 1 rings (SSSR count). The standard InChI is InChI=1S/C11H20F2N2O2/c1-14-11(10(16)17)5-3-4-8(6-11)15(2)7-9(12)13/h8-9,14H,3-7H2,1-2H3,(H,16,17). The Morgan fingerprint density at radius 3 is 2.76 bits per heavy atom. The molecule has 2 atom stereocenters. The Kier molecular flexibility index (Phi) is 4.82. The molecule has 17 heavy (non-hydrogen) atoms. The molecule has 1 saturated carbocycles. The molecule has 0 aromatic rings. The number of hydrogen-bond acceptors (Lipinski definition) is 3. The summed E-state index contributed by atoms with van der Waals surface area (Å²) in [5, 5.41) is 12.1. The molecule has 0 saturated heterocycles. The maximum absolute atomic E-state index is 12.3. The molecule has 0 aromatic carbocycles. The summed E-state index contributed by atoms with van der Waals surface area (Å²) in [6.07, 6.45) is 0.0707. The molecule has 0 heterocycles. The molecule has 0 spiro atoms. The summed E-state index contributed by atoms with van der Waals surface area (Å²) in [6, 6.07) is -0.0960. The molecule has 2 N–H and O–H groups in total. The minimum absolute atomic E-state index is 0.0960. The van der Waals surface area contributed by atoms with Crippen LogP contribution >= 0.6 is 0 Å². The van der Waals surface area contributed by atoms with Gasteiger partial charge >= 0.3 is 5.97 Å². The van der Waals surface area contributed by atoms with E-state index in [1.165, 1.54) is 0 Å². The molecule has 0 bridgehead atoms. The number of nitrogens with zero attached hydrogens (tertiary/aromatic N) is 1. The van der Waals surface area contributed by atoms with Crippen LogP contribution in [0.5, 0.6) is 0 Å². The maximum atomic E-state index is 12.3. The van der Waals surface area contributed by atoms with Gasteiger partial charge in [0.2, 0.25) is 0 Å². The van der Waals surface area contributed by atoms with E-state index in [4.69, 9.17) is 0 Å². The summed E-state index contributed by atoms with van der Waals surface area (Å²) in [5.41, 5.74) is -0.959. The van der Waals surface area contributed by atoms with E-state index >= 15 is 0 Å². The van der Waals surface area contributed by atoms with E-state index in [1.807, 2.05) is 0 Å². The van der Waals surface area contributed by atoms with Crippen LogP contribution in [0.3, 0.4) is 0 Å². The second kappa shape index (κ2) is 5.73. The van der Waals surface area contributed by atoms with Crippen LogP contribution in [0.1, 0.15) is 25.7 Å². The smallest absolute Gasteiger partial charge is 0.323 e. The van der Waals surface area contributed by atoms with E-state index in [0.29, 0.717) is 12.8 Å². The first kappa shape index (κ1) is 14.3. The quantitative estimate of drug-likeness (QED) is 0.769. The Bertz CT molecular complexity index is 276. The van der Waals surface area contributed by atoms with Gasteiger partial charge in [-0.25, -0.2) is 8.78 Å². The fraction of sp³-hybridized carbons (Fsp3) is 0.909. The summed E-state index contributed by atoms with van der Waals surface area (Å²) in [6.45, 7) is -0.302. The fourth-order valence-corrected chi connectivity index (χ4v) is 2.52. The van der Waals surface area contributed by atoms with Crippen molar-refractivity contribution >= 4 is 5.97 Å². The SMILES string of the molecule is CNC1(C(=O)O)CCCC(N(C)CC(F)F)C1. The topological polar surface area (TPSA) is 52.6 Å². The largest absolute Gasteiger partial charge is 0.480 e. The lowest BCUT2D eigenvalue weighted by molar-refractivity contribution is -0.147. The van der Waals surface area contributed by atoms with Crippen molar-refractivity contribution < 1.29 is 18.7 Å². The van der Waals surface area contributed by atoms with Crippen molar-refractivity contribution in [1.82, 2.24) is 10.2 Å². The molecular weight excluding hydrogens is 230 g/mol. The van der Waals surface area contributed by atoms with Crippen LogP contribution in [-0.2, 0) is 4.79 Å². The minimum Gasteiger partial charge on any atom is -0.480 e. The average Bonchev–Trinajstić information content (AvgIpc) is 2.28. The van der Waals surface area contributed by atoms with Crippen LogP contribution in [0.4, 0.5) is 8.78 Å². The summed E-state index contributed by atoms with van der Waals surface area (Å²) in [4.78, 5) is 12.8. The highest BCUT2D eigenvalue weighted by molar-refractivity contribution is 5.79. The van der Waals surface area contributed by atoms with Gasteiger partial charge in [0.1, 0.15) is 5.54 Å². The van der Waals surface area contributed by atoms with Crippen molar-refractivity contribution in [2.75, 3.05) is 20.6 Å². The van der Waals surface area contributed by atoms with Crippen LogP contribution in [0.2, 0.25) is 0 Å². The van der Waals surface area contributed by atoms with E-state index in [1.54, 1.807) is 19.0 Å². The third kappa shape index (κ3) is 3.35. The van der Waals surface area contributed by atoms with E-state index < -0.39 is 17.9 Å². The highest BCUT2D eigenvalue weighted by Gasteiger charge is 2.42. The van der Waals surface area contributed by atoms with Crippen molar-refractivity contribution in [3.8, 4) is 0 Å². The zero-order chi connectivity index (χ0) is 13.1. The Morgan fingerprint density at radius 1 is 1.65 bits per heavy atom. The molecule has 0 amide bonds. The second-order valence-corrected chi connectivity index (χ2v) is 4.72. The van der Waals surface area contributed by atoms with Gasteiger partial charge in [0.15, 0.2) is 0 Å². The van der Waals surface area contributed by atoms with Gasteiger partial charge in [0.25, 0.3) is 6.43 Å². The predicted molar refractivity (Wildman–Crippen MR) is 60.3 cm³/mol. The molecule has 1 aliphatic rings. The molecule has 2 unspecified atom stereocenters. The van der Waals surface area contributed by atoms with Gasteiger partial charge in [0, 0.05) is 6.04 Å². The first-order valence-corrected chi connectivity index (χ1v) is 5.82. The third-order valence-electron chi connectivity index (χ3n) is 3.66. The summed E-state index contributed by atoms with van der Waals surface area (Å²) < 4.78 is 24.6. The number of carbonyl (C=O) groups is 1. The third-order valence-corrected chi connectivity index (χ3v) is 3.66. The Hall–Kier alpha value is -0.750. The van der Waals surface area contributed by atoms with Crippen molar-refractivity contribution in [1.29, 1.82) is 0 Å². The molecule has 6 heteroatoms. The van der Waals surface area contributed by atoms with Crippen molar-refractivity contribution in [2.24, 2.45) is 0 Å². The van der Waals surface area contributed by atoms with Gasteiger partial charge in [0.05, 0.1) is 6.54 Å². The minimum atomic E-state index is -2.38. The maximum Gasteiger partial charge on any atom is 0.323 e. The normalized spacial score (nSPS) is 29.9. The van der Waals surface area contributed by atoms with E-state index in [9.17, 15) is 18.7 Å². The second-order valence-electron chi connectivity index (χ2n) is 4.72. The first-order chi connectivity index (χ1) is 7.91. The lowest BCUT2D eigenvalue weighted by Crippen LogP contribution is -2.57. The number of alkyl halides is 2. The summed E-state index contributed by atoms with van der Waals surface area (Å²) in [7, 11) is 3.24. The molecular formula is C11H20F2N2O2. The molecule has 100 valence electrons. The highest BCUT2D eigenvalue weighted by Crippen LogP contribution is 2.31. The van der Waals surface area contributed by atoms with Crippen LogP contribution in [0, 0.1) is 0 Å². The Balaban J connectivity index is 2.68. The number of likely N-dealkylation sites (N-methyl/N-ethyl adjacent to an activating group) is 1. The monoisotopic (exact) mass is 250 g/mol. The van der Waals surface area contributed by atoms with Gasteiger partial charge in [-0.3, -0.25) is 9.69 Å². The van der Waals surface area contributed by atoms with Gasteiger partial charge in [-0.05, 0) is 39.8 Å². The molecule has 0 aliphatic heterocycles. The number of nitrogens with one attached hydrogen (secondary N) is 1. The van der Waals surface area contributed by atoms with E-state index in [0.717, 1.165) is 12.8 Å². The van der Waals surface area contributed by atoms with Gasteiger partial charge in [-0.2, -0.15) is 0 Å². The number of halogens is 2. The zero-order valence-corrected chi connectivity index (χ0v) is 10.2. The number of aliphatic carboxylic acids is 1. The van der Waals surface area contributed by atoms with Gasteiger partial charge < -0.3 is 10.4 Å². The molecule has 0 radical (unpaired) electrons. The number of rotatable bonds is 5. The van der Waals surface area contributed by atoms with Gasteiger partial charge in [-0.15, -0.1) is 0 Å². The van der Waals surface area contributed by atoms with Gasteiger partial charge in [-0.1, -0.05) is 0 Å². The molecule has 0 aromatic heterocycles. The molecule has 1 aliphatic carbocycles. The Labute approximate surface area is 100.0 Å². The van der Waals surface area contributed by atoms with Crippen molar-refractivity contribution in [2.45, 2.75) is 43.7 Å². The molecule has 1 fully saturated rings. The average molecular weight is 250 g/mol. The first-order valence-electron chi connectivity index (χ1n) is 5.82. The lowest BCUT2D eigenvalue weighted by Gasteiger charge is -2.41. The van der Waals surface area contributed by atoms with E-state index in [-0.39, 0.29) is 12.6 Å². The van der Waals surface area contributed by atoms with Crippen molar-refractivity contribution in [3.63, 3.8) is 0 Å². The Morgan fingerprint density at radius 2 is 2.29 bits per heavy atom. The number of carboxylic acid groups (broad SMARTS) is 1. The predicted octanol–water partition coefficient (Wildman–Crippen LogP) is 1.17.